The van der Waals surface area contributed by atoms with Crippen LogP contribution >= 0.6 is 22.6 Å². The second kappa shape index (κ2) is 10.9. The quantitative estimate of drug-likeness (QED) is 0.276. The van der Waals surface area contributed by atoms with Crippen molar-refractivity contribution in [3.63, 3.8) is 0 Å². The highest BCUT2D eigenvalue weighted by atomic mass is 127. The molecular formula is C28H25IN2O6. The van der Waals surface area contributed by atoms with Gasteiger partial charge in [0.15, 0.2) is 6.10 Å². The SMILES string of the molecule is CC(Oc1ccc(I)cc1)C(=O)Nc1cccc(Oc2ccc3c(c2)C(=O)N(CC2CCCO2)C3=O)c1. The lowest BCUT2D eigenvalue weighted by Gasteiger charge is -2.17. The normalized spacial score (nSPS) is 17.5. The van der Waals surface area contributed by atoms with E-state index in [2.05, 4.69) is 27.9 Å². The number of halogens is 1. The Morgan fingerprint density at radius 3 is 2.51 bits per heavy atom. The summed E-state index contributed by atoms with van der Waals surface area (Å²) in [6, 6.07) is 19.2. The van der Waals surface area contributed by atoms with E-state index >= 15 is 0 Å². The molecule has 1 fully saturated rings. The average molecular weight is 612 g/mol. The molecule has 2 heterocycles. The molecule has 37 heavy (non-hydrogen) atoms. The third kappa shape index (κ3) is 5.78. The highest BCUT2D eigenvalue weighted by molar-refractivity contribution is 14.1. The zero-order chi connectivity index (χ0) is 25.9. The number of ether oxygens (including phenoxy) is 3. The van der Waals surface area contributed by atoms with E-state index in [9.17, 15) is 14.4 Å². The van der Waals surface area contributed by atoms with Gasteiger partial charge in [-0.25, -0.2) is 0 Å². The van der Waals surface area contributed by atoms with Crippen molar-refractivity contribution < 1.29 is 28.6 Å². The molecule has 8 nitrogen and oxygen atoms in total. The highest BCUT2D eigenvalue weighted by Crippen LogP contribution is 2.31. The van der Waals surface area contributed by atoms with Crippen LogP contribution in [-0.4, -0.2) is 48.0 Å². The largest absolute Gasteiger partial charge is 0.481 e. The van der Waals surface area contributed by atoms with Crippen molar-refractivity contribution in [1.82, 2.24) is 4.90 Å². The van der Waals surface area contributed by atoms with Crippen molar-refractivity contribution in [3.05, 3.63) is 81.4 Å². The van der Waals surface area contributed by atoms with Crippen molar-refractivity contribution in [2.24, 2.45) is 0 Å². The van der Waals surface area contributed by atoms with Crippen LogP contribution in [0.4, 0.5) is 5.69 Å². The molecule has 3 aromatic rings. The second-order valence-electron chi connectivity index (χ2n) is 8.90. The van der Waals surface area contributed by atoms with Crippen LogP contribution in [0.3, 0.4) is 0 Å². The summed E-state index contributed by atoms with van der Waals surface area (Å²) in [7, 11) is 0. The molecule has 3 amide bonds. The first kappa shape index (κ1) is 25.2. The van der Waals surface area contributed by atoms with Crippen LogP contribution in [-0.2, 0) is 9.53 Å². The fraction of sp³-hybridized carbons (Fsp3) is 0.250. The number of nitrogens with one attached hydrogen (secondary N) is 1. The Labute approximate surface area is 228 Å². The fourth-order valence-corrected chi connectivity index (χ4v) is 4.64. The number of fused-ring (bicyclic) bond motifs is 1. The van der Waals surface area contributed by atoms with E-state index in [-0.39, 0.29) is 30.4 Å². The van der Waals surface area contributed by atoms with Crippen LogP contribution in [0.25, 0.3) is 0 Å². The first-order chi connectivity index (χ1) is 17.9. The van der Waals surface area contributed by atoms with Gasteiger partial charge in [-0.2, -0.15) is 0 Å². The van der Waals surface area contributed by atoms with Gasteiger partial charge in [0.2, 0.25) is 0 Å². The molecule has 2 aliphatic rings. The van der Waals surface area contributed by atoms with Crippen LogP contribution in [0.5, 0.6) is 17.2 Å². The molecule has 0 aromatic heterocycles. The standard InChI is InChI=1S/C28H25IN2O6/c1-17(36-20-9-7-18(29)8-10-20)26(32)30-19-4-2-5-21(14-19)37-22-11-12-24-25(15-22)28(34)31(27(24)33)16-23-6-3-13-35-23/h2,4-5,7-12,14-15,17,23H,3,6,13,16H2,1H3,(H,30,32). The van der Waals surface area contributed by atoms with Gasteiger partial charge in [-0.3, -0.25) is 19.3 Å². The lowest BCUT2D eigenvalue weighted by molar-refractivity contribution is -0.122. The fourth-order valence-electron chi connectivity index (χ4n) is 4.28. The molecule has 2 atom stereocenters. The molecule has 9 heteroatoms. The van der Waals surface area contributed by atoms with Crippen molar-refractivity contribution in [2.75, 3.05) is 18.5 Å². The molecule has 2 unspecified atom stereocenters. The van der Waals surface area contributed by atoms with Gasteiger partial charge in [0.25, 0.3) is 17.7 Å². The van der Waals surface area contributed by atoms with Gasteiger partial charge in [-0.15, -0.1) is 0 Å². The molecule has 190 valence electrons. The molecule has 0 bridgehead atoms. The number of amides is 3. The monoisotopic (exact) mass is 612 g/mol. The number of anilines is 1. The van der Waals surface area contributed by atoms with E-state index in [1.165, 1.54) is 4.90 Å². The molecular weight excluding hydrogens is 587 g/mol. The zero-order valence-corrected chi connectivity index (χ0v) is 22.3. The topological polar surface area (TPSA) is 94.2 Å². The predicted molar refractivity (Wildman–Crippen MR) is 145 cm³/mol. The summed E-state index contributed by atoms with van der Waals surface area (Å²) in [5.41, 5.74) is 1.21. The number of nitrogens with zero attached hydrogens (tertiary/aromatic N) is 1. The van der Waals surface area contributed by atoms with Crippen LogP contribution in [0, 0.1) is 3.57 Å². The van der Waals surface area contributed by atoms with Gasteiger partial charge in [0.1, 0.15) is 17.2 Å². The molecule has 1 N–H and O–H groups in total. The maximum absolute atomic E-state index is 12.9. The van der Waals surface area contributed by atoms with Gasteiger partial charge in [0, 0.05) is 21.9 Å². The van der Waals surface area contributed by atoms with Crippen LogP contribution in [0.2, 0.25) is 0 Å². The van der Waals surface area contributed by atoms with E-state index in [4.69, 9.17) is 14.2 Å². The maximum Gasteiger partial charge on any atom is 0.265 e. The number of rotatable bonds is 8. The lowest BCUT2D eigenvalue weighted by Crippen LogP contribution is -2.36. The number of carbonyl (C=O) groups is 3. The van der Waals surface area contributed by atoms with E-state index < -0.39 is 6.10 Å². The average Bonchev–Trinajstić information content (AvgIpc) is 3.48. The van der Waals surface area contributed by atoms with Gasteiger partial charge in [0.05, 0.1) is 23.8 Å². The van der Waals surface area contributed by atoms with Crippen molar-refractivity contribution in [1.29, 1.82) is 0 Å². The molecule has 2 aliphatic heterocycles. The Kier molecular flexibility index (Phi) is 7.43. The molecule has 5 rings (SSSR count). The summed E-state index contributed by atoms with van der Waals surface area (Å²) in [4.78, 5) is 39.6. The van der Waals surface area contributed by atoms with Gasteiger partial charge < -0.3 is 19.5 Å². The summed E-state index contributed by atoms with van der Waals surface area (Å²) < 4.78 is 18.3. The molecule has 0 saturated carbocycles. The van der Waals surface area contributed by atoms with Gasteiger partial charge in [-0.1, -0.05) is 6.07 Å². The Bertz CT molecular complexity index is 1340. The third-order valence-corrected chi connectivity index (χ3v) is 6.90. The minimum atomic E-state index is -0.706. The summed E-state index contributed by atoms with van der Waals surface area (Å²) in [6.45, 7) is 2.60. The van der Waals surface area contributed by atoms with Crippen LogP contribution in [0.15, 0.2) is 66.7 Å². The van der Waals surface area contributed by atoms with Crippen molar-refractivity contribution in [3.8, 4) is 17.2 Å². The third-order valence-electron chi connectivity index (χ3n) is 6.19. The Balaban J connectivity index is 1.23. The molecule has 3 aromatic carbocycles. The number of benzene rings is 3. The zero-order valence-electron chi connectivity index (χ0n) is 20.1. The summed E-state index contributed by atoms with van der Waals surface area (Å²) in [5.74, 6) is 0.537. The minimum absolute atomic E-state index is 0.111. The first-order valence-electron chi connectivity index (χ1n) is 12.0. The number of carbonyl (C=O) groups excluding carboxylic acids is 3. The Hall–Kier alpha value is -3.44. The lowest BCUT2D eigenvalue weighted by atomic mass is 10.1. The van der Waals surface area contributed by atoms with Gasteiger partial charge >= 0.3 is 0 Å². The smallest absolute Gasteiger partial charge is 0.265 e. The summed E-state index contributed by atoms with van der Waals surface area (Å²) in [6.07, 6.45) is 0.956. The summed E-state index contributed by atoms with van der Waals surface area (Å²) >= 11 is 2.20. The molecule has 0 aliphatic carbocycles. The van der Waals surface area contributed by atoms with E-state index in [0.29, 0.717) is 40.7 Å². The van der Waals surface area contributed by atoms with Crippen LogP contribution < -0.4 is 14.8 Å². The van der Waals surface area contributed by atoms with E-state index in [1.807, 2.05) is 24.3 Å². The molecule has 1 saturated heterocycles. The molecule has 0 spiro atoms. The second-order valence-corrected chi connectivity index (χ2v) is 10.1. The maximum atomic E-state index is 12.9. The highest BCUT2D eigenvalue weighted by Gasteiger charge is 2.37. The first-order valence-corrected chi connectivity index (χ1v) is 13.1. The van der Waals surface area contributed by atoms with Gasteiger partial charge in [-0.05, 0) is 97.0 Å². The Morgan fingerprint density at radius 1 is 1.03 bits per heavy atom. The predicted octanol–water partition coefficient (Wildman–Crippen LogP) is 5.26. The van der Waals surface area contributed by atoms with Crippen molar-refractivity contribution >= 4 is 46.0 Å². The number of imide groups is 1. The molecule has 0 radical (unpaired) electrons. The minimum Gasteiger partial charge on any atom is -0.481 e. The number of hydrogen-bond donors (Lipinski definition) is 1. The summed E-state index contributed by atoms with van der Waals surface area (Å²) in [5, 5.41) is 2.83. The van der Waals surface area contributed by atoms with Crippen molar-refractivity contribution in [2.45, 2.75) is 32.0 Å². The van der Waals surface area contributed by atoms with Crippen LogP contribution in [0.1, 0.15) is 40.5 Å². The van der Waals surface area contributed by atoms with E-state index in [1.54, 1.807) is 49.4 Å². The number of hydrogen-bond acceptors (Lipinski definition) is 6. The van der Waals surface area contributed by atoms with E-state index in [0.717, 1.165) is 16.4 Å². The Morgan fingerprint density at radius 2 is 1.76 bits per heavy atom.